The van der Waals surface area contributed by atoms with E-state index in [9.17, 15) is 4.79 Å². The van der Waals surface area contributed by atoms with E-state index >= 15 is 0 Å². The molecule has 1 aliphatic rings. The fraction of sp³-hybridized carbons (Fsp3) is 0.286. The molecule has 2 atom stereocenters. The van der Waals surface area contributed by atoms with Gasteiger partial charge in [0.2, 0.25) is 11.1 Å². The molecule has 1 amide bonds. The number of fused-ring (bicyclic) bond motifs is 1. The lowest BCUT2D eigenvalue weighted by molar-refractivity contribution is -0.116. The van der Waals surface area contributed by atoms with Crippen LogP contribution in [0.4, 0.5) is 5.69 Å². The summed E-state index contributed by atoms with van der Waals surface area (Å²) in [5.74, 6) is 1.38. The molecule has 1 aliphatic heterocycles. The topological polar surface area (TPSA) is 81.1 Å². The lowest BCUT2D eigenvalue weighted by atomic mass is 10.0. The van der Waals surface area contributed by atoms with Gasteiger partial charge in [-0.25, -0.2) is 4.68 Å². The Hall–Kier alpha value is -2.52. The molecule has 2 heterocycles. The molecular formula is C21H22BrN5O2S. The Balaban J connectivity index is 1.70. The Labute approximate surface area is 187 Å². The number of halogens is 1. The number of aromatic nitrogens is 3. The van der Waals surface area contributed by atoms with Gasteiger partial charge in [0.25, 0.3) is 0 Å². The smallest absolute Gasteiger partial charge is 0.240 e. The van der Waals surface area contributed by atoms with Gasteiger partial charge >= 0.3 is 0 Å². The van der Waals surface area contributed by atoms with Gasteiger partial charge in [0, 0.05) is 5.69 Å². The van der Waals surface area contributed by atoms with E-state index in [4.69, 9.17) is 4.74 Å². The van der Waals surface area contributed by atoms with E-state index < -0.39 is 5.25 Å². The third-order valence-corrected chi connectivity index (χ3v) is 6.88. The first kappa shape index (κ1) is 20.7. The molecule has 2 aromatic carbocycles. The van der Waals surface area contributed by atoms with Gasteiger partial charge < -0.3 is 15.5 Å². The zero-order chi connectivity index (χ0) is 21.4. The Kier molecular flexibility index (Phi) is 5.75. The van der Waals surface area contributed by atoms with Crippen molar-refractivity contribution in [1.29, 1.82) is 0 Å². The van der Waals surface area contributed by atoms with Crippen LogP contribution >= 0.6 is 27.7 Å². The van der Waals surface area contributed by atoms with Gasteiger partial charge in [0.05, 0.1) is 17.6 Å². The number of carbonyl (C=O) groups is 1. The van der Waals surface area contributed by atoms with Gasteiger partial charge in [-0.3, -0.25) is 4.79 Å². The van der Waals surface area contributed by atoms with E-state index in [1.807, 2.05) is 61.8 Å². The minimum Gasteiger partial charge on any atom is -0.496 e. The first-order valence-corrected chi connectivity index (χ1v) is 11.1. The van der Waals surface area contributed by atoms with Gasteiger partial charge in [0.1, 0.15) is 16.8 Å². The number of hydrogen-bond acceptors (Lipinski definition) is 6. The molecule has 3 aromatic rings. The fourth-order valence-electron chi connectivity index (χ4n) is 3.36. The SMILES string of the molecule is COc1ccc([C@@H]2Nn3c(C)nnc3S[C@@H]2C(=O)Nc2cc(C)ccc2C)cc1Br. The van der Waals surface area contributed by atoms with Crippen molar-refractivity contribution in [3.05, 3.63) is 63.4 Å². The van der Waals surface area contributed by atoms with Gasteiger partial charge in [0.15, 0.2) is 0 Å². The maximum absolute atomic E-state index is 13.4. The lowest BCUT2D eigenvalue weighted by Gasteiger charge is -2.33. The van der Waals surface area contributed by atoms with Crippen LogP contribution in [0.1, 0.15) is 28.6 Å². The molecule has 0 spiro atoms. The van der Waals surface area contributed by atoms with Crippen LogP contribution in [0.2, 0.25) is 0 Å². The van der Waals surface area contributed by atoms with Crippen LogP contribution in [0.25, 0.3) is 0 Å². The number of ether oxygens (including phenoxy) is 1. The third-order valence-electron chi connectivity index (χ3n) is 5.04. The lowest BCUT2D eigenvalue weighted by Crippen LogP contribution is -2.41. The monoisotopic (exact) mass is 487 g/mol. The largest absolute Gasteiger partial charge is 0.496 e. The molecule has 2 N–H and O–H groups in total. The quantitative estimate of drug-likeness (QED) is 0.568. The molecule has 0 bridgehead atoms. The first-order valence-electron chi connectivity index (χ1n) is 9.44. The summed E-state index contributed by atoms with van der Waals surface area (Å²) in [4.78, 5) is 13.4. The maximum Gasteiger partial charge on any atom is 0.240 e. The van der Waals surface area contributed by atoms with Crippen LogP contribution < -0.4 is 15.5 Å². The highest BCUT2D eigenvalue weighted by Gasteiger charge is 2.37. The average Bonchev–Trinajstić information content (AvgIpc) is 3.09. The summed E-state index contributed by atoms with van der Waals surface area (Å²) < 4.78 is 8.01. The number of anilines is 1. The average molecular weight is 488 g/mol. The van der Waals surface area contributed by atoms with Crippen LogP contribution in [0.3, 0.4) is 0 Å². The number of amides is 1. The summed E-state index contributed by atoms with van der Waals surface area (Å²) in [5.41, 5.74) is 7.30. The Morgan fingerprint density at radius 3 is 2.73 bits per heavy atom. The second-order valence-corrected chi connectivity index (χ2v) is 9.18. The van der Waals surface area contributed by atoms with E-state index in [0.717, 1.165) is 38.4 Å². The summed E-state index contributed by atoms with van der Waals surface area (Å²) in [5, 5.41) is 11.7. The predicted molar refractivity (Wildman–Crippen MR) is 122 cm³/mol. The van der Waals surface area contributed by atoms with E-state index in [1.165, 1.54) is 11.8 Å². The molecule has 4 rings (SSSR count). The van der Waals surface area contributed by atoms with Crippen molar-refractivity contribution in [3.63, 3.8) is 0 Å². The maximum atomic E-state index is 13.4. The minimum atomic E-state index is -0.443. The number of rotatable bonds is 4. The molecule has 0 saturated carbocycles. The van der Waals surface area contributed by atoms with Crippen molar-refractivity contribution in [2.24, 2.45) is 0 Å². The second kappa shape index (κ2) is 8.31. The third kappa shape index (κ3) is 3.91. The summed E-state index contributed by atoms with van der Waals surface area (Å²) in [6.07, 6.45) is 0. The fourth-order valence-corrected chi connectivity index (χ4v) is 5.04. The standard InChI is InChI=1S/C21H22BrN5O2S/c1-11-5-6-12(2)16(9-11)23-20(28)19-18(14-7-8-17(29-4)15(22)10-14)26-27-13(3)24-25-21(27)30-19/h5-10,18-19,26H,1-4H3,(H,23,28)/t18-,19-/m0/s1. The van der Waals surface area contributed by atoms with Crippen molar-refractivity contribution in [2.45, 2.75) is 37.2 Å². The van der Waals surface area contributed by atoms with Crippen LogP contribution in [0.5, 0.6) is 5.75 Å². The minimum absolute atomic E-state index is 0.0926. The summed E-state index contributed by atoms with van der Waals surface area (Å²) in [6, 6.07) is 11.6. The number of hydrogen-bond donors (Lipinski definition) is 2. The zero-order valence-electron chi connectivity index (χ0n) is 17.1. The highest BCUT2D eigenvalue weighted by Crippen LogP contribution is 2.39. The molecule has 0 saturated heterocycles. The predicted octanol–water partition coefficient (Wildman–Crippen LogP) is 4.37. The molecular weight excluding hydrogens is 466 g/mol. The highest BCUT2D eigenvalue weighted by molar-refractivity contribution is 9.10. The van der Waals surface area contributed by atoms with Gasteiger partial charge in [-0.05, 0) is 71.6 Å². The first-order chi connectivity index (χ1) is 14.4. The van der Waals surface area contributed by atoms with Crippen LogP contribution in [0, 0.1) is 20.8 Å². The Morgan fingerprint density at radius 2 is 2.00 bits per heavy atom. The van der Waals surface area contributed by atoms with Crippen LogP contribution in [0.15, 0.2) is 46.0 Å². The van der Waals surface area contributed by atoms with E-state index in [0.29, 0.717) is 5.16 Å². The molecule has 9 heteroatoms. The number of aryl methyl sites for hydroxylation is 3. The second-order valence-electron chi connectivity index (χ2n) is 7.21. The van der Waals surface area contributed by atoms with E-state index in [2.05, 4.69) is 36.9 Å². The number of benzene rings is 2. The molecule has 7 nitrogen and oxygen atoms in total. The van der Waals surface area contributed by atoms with Gasteiger partial charge in [-0.15, -0.1) is 10.2 Å². The number of nitrogens with one attached hydrogen (secondary N) is 2. The van der Waals surface area contributed by atoms with Crippen LogP contribution in [-0.4, -0.2) is 33.1 Å². The molecule has 1 aromatic heterocycles. The van der Waals surface area contributed by atoms with E-state index in [-0.39, 0.29) is 11.9 Å². The van der Waals surface area contributed by atoms with Crippen molar-refractivity contribution in [1.82, 2.24) is 14.9 Å². The molecule has 156 valence electrons. The molecule has 0 unspecified atom stereocenters. The van der Waals surface area contributed by atoms with Gasteiger partial charge in [-0.1, -0.05) is 30.0 Å². The van der Waals surface area contributed by atoms with Crippen LogP contribution in [-0.2, 0) is 4.79 Å². The number of methoxy groups -OCH3 is 1. The molecule has 0 radical (unpaired) electrons. The van der Waals surface area contributed by atoms with Crippen molar-refractivity contribution >= 4 is 39.3 Å². The number of carbonyl (C=O) groups excluding carboxylic acids is 1. The molecule has 30 heavy (non-hydrogen) atoms. The highest BCUT2D eigenvalue weighted by atomic mass is 79.9. The van der Waals surface area contributed by atoms with Crippen molar-refractivity contribution in [3.8, 4) is 5.75 Å². The molecule has 0 aliphatic carbocycles. The van der Waals surface area contributed by atoms with Crippen molar-refractivity contribution < 1.29 is 9.53 Å². The zero-order valence-corrected chi connectivity index (χ0v) is 19.5. The normalized spacial score (nSPS) is 17.8. The van der Waals surface area contributed by atoms with Gasteiger partial charge in [-0.2, -0.15) is 0 Å². The number of thioether (sulfide) groups is 1. The number of nitrogens with zero attached hydrogens (tertiary/aromatic N) is 3. The summed E-state index contributed by atoms with van der Waals surface area (Å²) in [6.45, 7) is 5.87. The summed E-state index contributed by atoms with van der Waals surface area (Å²) >= 11 is 4.95. The molecule has 0 fully saturated rings. The summed E-state index contributed by atoms with van der Waals surface area (Å²) in [7, 11) is 1.63. The van der Waals surface area contributed by atoms with Crippen molar-refractivity contribution in [2.75, 3.05) is 17.9 Å². The van der Waals surface area contributed by atoms with E-state index in [1.54, 1.807) is 7.11 Å². The Morgan fingerprint density at radius 1 is 1.20 bits per heavy atom. The Bertz CT molecular complexity index is 1120.